The van der Waals surface area contributed by atoms with E-state index < -0.39 is 0 Å². The zero-order chi connectivity index (χ0) is 44.9. The van der Waals surface area contributed by atoms with Gasteiger partial charge in [-0.3, -0.25) is 0 Å². The summed E-state index contributed by atoms with van der Waals surface area (Å²) >= 11 is 0. The first kappa shape index (κ1) is 40.1. The normalized spacial score (nSPS) is 12.4. The fraction of sp³-hybridized carbons (Fsp3) is 0.0462. The molecule has 0 aromatic heterocycles. The molecule has 0 spiro atoms. The molecule has 1 aliphatic carbocycles. The molecule has 0 bridgehead atoms. The van der Waals surface area contributed by atoms with E-state index >= 15 is 0 Å². The van der Waals surface area contributed by atoms with Crippen LogP contribution in [0.2, 0.25) is 0 Å². The van der Waals surface area contributed by atoms with Crippen molar-refractivity contribution >= 4 is 55.7 Å². The molecule has 0 saturated heterocycles. The maximum atomic E-state index is 2.46. The standard InChI is InChI=1S/C65H48N2/c1-65(2)61-43-59(66(55-33-25-49(26-34-55)45-15-7-3-8-16-45)56-35-27-50(28-36-56)46-17-9-4-10-18-46)41-53-23-24-54-42-60(44-62(65)64(54)63(53)61)67(57-37-29-51(30-38-57)47-19-11-5-12-20-47)58-39-31-52(32-40-58)48-21-13-6-14-22-48/h3-44H,1-2H3. The zero-order valence-corrected chi connectivity index (χ0v) is 37.6. The molecule has 0 fully saturated rings. The van der Waals surface area contributed by atoms with Crippen LogP contribution < -0.4 is 9.80 Å². The SMILES string of the molecule is CC1(C)c2cc(N(c3ccc(-c4ccccc4)cc3)c3ccc(-c4ccccc4)cc3)cc3ccc4cc(N(c5ccc(-c6ccccc6)cc5)c5ccc(-c6ccccc6)cc5)cc1c4c23. The van der Waals surface area contributed by atoms with E-state index in [4.69, 9.17) is 0 Å². The van der Waals surface area contributed by atoms with Gasteiger partial charge in [-0.2, -0.15) is 0 Å². The Morgan fingerprint density at radius 1 is 0.239 bits per heavy atom. The number of nitrogens with zero attached hydrogens (tertiary/aromatic N) is 2. The molecule has 0 saturated carbocycles. The smallest absolute Gasteiger partial charge is 0.0471 e. The second-order valence-corrected chi connectivity index (χ2v) is 18.2. The first-order chi connectivity index (χ1) is 33.0. The van der Waals surface area contributed by atoms with Gasteiger partial charge in [0.25, 0.3) is 0 Å². The molecule has 12 rings (SSSR count). The predicted molar refractivity (Wildman–Crippen MR) is 285 cm³/mol. The van der Waals surface area contributed by atoms with Crippen LogP contribution in [0.1, 0.15) is 25.0 Å². The van der Waals surface area contributed by atoms with Gasteiger partial charge in [0, 0.05) is 39.5 Å². The van der Waals surface area contributed by atoms with Crippen molar-refractivity contribution in [2.75, 3.05) is 9.80 Å². The van der Waals surface area contributed by atoms with E-state index in [2.05, 4.69) is 278 Å². The molecule has 0 unspecified atom stereocenters. The van der Waals surface area contributed by atoms with E-state index in [1.165, 1.54) is 77.2 Å². The van der Waals surface area contributed by atoms with Gasteiger partial charge in [0.15, 0.2) is 0 Å². The van der Waals surface area contributed by atoms with Crippen molar-refractivity contribution in [3.63, 3.8) is 0 Å². The van der Waals surface area contributed by atoms with Crippen LogP contribution in [0.15, 0.2) is 255 Å². The Hall–Kier alpha value is -8.46. The molecule has 2 heteroatoms. The van der Waals surface area contributed by atoms with Gasteiger partial charge in [-0.05, 0) is 150 Å². The summed E-state index contributed by atoms with van der Waals surface area (Å²) in [6.07, 6.45) is 0. The van der Waals surface area contributed by atoms with E-state index in [0.717, 1.165) is 34.1 Å². The first-order valence-electron chi connectivity index (χ1n) is 23.2. The third kappa shape index (κ3) is 7.24. The van der Waals surface area contributed by atoms with Gasteiger partial charge < -0.3 is 9.80 Å². The van der Waals surface area contributed by atoms with Crippen LogP contribution in [0.3, 0.4) is 0 Å². The van der Waals surface area contributed by atoms with Crippen LogP contribution in [0.4, 0.5) is 34.1 Å². The van der Waals surface area contributed by atoms with Gasteiger partial charge in [-0.1, -0.05) is 196 Å². The maximum Gasteiger partial charge on any atom is 0.0471 e. The van der Waals surface area contributed by atoms with Crippen molar-refractivity contribution in [1.29, 1.82) is 0 Å². The Kier molecular flexibility index (Phi) is 9.88. The van der Waals surface area contributed by atoms with E-state index in [1.807, 2.05) is 0 Å². The van der Waals surface area contributed by atoms with Gasteiger partial charge >= 0.3 is 0 Å². The largest absolute Gasteiger partial charge is 0.310 e. The molecule has 11 aromatic rings. The van der Waals surface area contributed by atoms with Crippen molar-refractivity contribution in [1.82, 2.24) is 0 Å². The topological polar surface area (TPSA) is 6.48 Å². The molecule has 0 radical (unpaired) electrons. The highest BCUT2D eigenvalue weighted by Crippen LogP contribution is 2.53. The van der Waals surface area contributed by atoms with Gasteiger partial charge in [0.2, 0.25) is 0 Å². The van der Waals surface area contributed by atoms with Crippen LogP contribution in [-0.2, 0) is 5.41 Å². The highest BCUT2D eigenvalue weighted by atomic mass is 15.1. The van der Waals surface area contributed by atoms with E-state index in [0.29, 0.717) is 0 Å². The summed E-state index contributed by atoms with van der Waals surface area (Å²) in [5.41, 5.74) is 18.8. The molecular formula is C65H48N2. The molecule has 1 aliphatic rings. The van der Waals surface area contributed by atoms with Crippen LogP contribution in [0, 0.1) is 0 Å². The van der Waals surface area contributed by atoms with E-state index in [1.54, 1.807) is 0 Å². The number of benzene rings is 11. The first-order valence-corrected chi connectivity index (χ1v) is 23.2. The van der Waals surface area contributed by atoms with Crippen LogP contribution >= 0.6 is 0 Å². The Bertz CT molecular complexity index is 3120. The lowest BCUT2D eigenvalue weighted by Gasteiger charge is -2.30. The fourth-order valence-corrected chi connectivity index (χ4v) is 10.3. The molecule has 0 N–H and O–H groups in total. The summed E-state index contributed by atoms with van der Waals surface area (Å²) in [6, 6.07) is 93.0. The van der Waals surface area contributed by atoms with Crippen LogP contribution in [-0.4, -0.2) is 0 Å². The highest BCUT2D eigenvalue weighted by molar-refractivity contribution is 6.17. The van der Waals surface area contributed by atoms with Gasteiger partial charge in [-0.25, -0.2) is 0 Å². The molecule has 318 valence electrons. The van der Waals surface area contributed by atoms with Crippen molar-refractivity contribution in [3.05, 3.63) is 266 Å². The summed E-state index contributed by atoms with van der Waals surface area (Å²) in [5.74, 6) is 0. The molecular weight excluding hydrogens is 809 g/mol. The van der Waals surface area contributed by atoms with Crippen LogP contribution in [0.25, 0.3) is 66.1 Å². The minimum absolute atomic E-state index is 0.286. The Labute approximate surface area is 393 Å². The third-order valence-electron chi connectivity index (χ3n) is 13.8. The molecule has 0 amide bonds. The molecule has 0 heterocycles. The minimum atomic E-state index is -0.286. The van der Waals surface area contributed by atoms with Gasteiger partial charge in [-0.15, -0.1) is 0 Å². The van der Waals surface area contributed by atoms with Crippen molar-refractivity contribution in [2.24, 2.45) is 0 Å². The summed E-state index contributed by atoms with van der Waals surface area (Å²) in [6.45, 7) is 4.82. The summed E-state index contributed by atoms with van der Waals surface area (Å²) in [4.78, 5) is 4.85. The molecule has 2 nitrogen and oxygen atoms in total. The summed E-state index contributed by atoms with van der Waals surface area (Å²) in [7, 11) is 0. The summed E-state index contributed by atoms with van der Waals surface area (Å²) in [5, 5.41) is 5.18. The average Bonchev–Trinajstić information content (AvgIpc) is 3.63. The maximum absolute atomic E-state index is 2.46. The Morgan fingerprint density at radius 2 is 0.478 bits per heavy atom. The number of rotatable bonds is 10. The van der Waals surface area contributed by atoms with Crippen molar-refractivity contribution in [3.8, 4) is 44.5 Å². The number of hydrogen-bond acceptors (Lipinski definition) is 2. The predicted octanol–water partition coefficient (Wildman–Crippen LogP) is 18.2. The monoisotopic (exact) mass is 856 g/mol. The van der Waals surface area contributed by atoms with Crippen molar-refractivity contribution in [2.45, 2.75) is 19.3 Å². The second-order valence-electron chi connectivity index (χ2n) is 18.2. The van der Waals surface area contributed by atoms with Gasteiger partial charge in [0.05, 0.1) is 0 Å². The highest BCUT2D eigenvalue weighted by Gasteiger charge is 2.36. The third-order valence-corrected chi connectivity index (χ3v) is 13.8. The lowest BCUT2D eigenvalue weighted by molar-refractivity contribution is 0.663. The summed E-state index contributed by atoms with van der Waals surface area (Å²) < 4.78 is 0. The molecule has 0 aliphatic heterocycles. The van der Waals surface area contributed by atoms with Gasteiger partial charge in [0.1, 0.15) is 0 Å². The zero-order valence-electron chi connectivity index (χ0n) is 37.6. The van der Waals surface area contributed by atoms with E-state index in [-0.39, 0.29) is 5.41 Å². The molecule has 67 heavy (non-hydrogen) atoms. The quantitative estimate of drug-likeness (QED) is 0.126. The minimum Gasteiger partial charge on any atom is -0.310 e. The molecule has 0 atom stereocenters. The lowest BCUT2D eigenvalue weighted by Crippen LogP contribution is -2.18. The van der Waals surface area contributed by atoms with E-state index in [9.17, 15) is 0 Å². The Balaban J connectivity index is 0.976. The molecule has 11 aromatic carbocycles. The Morgan fingerprint density at radius 3 is 0.731 bits per heavy atom. The number of hydrogen-bond donors (Lipinski definition) is 0. The van der Waals surface area contributed by atoms with Crippen LogP contribution in [0.5, 0.6) is 0 Å². The van der Waals surface area contributed by atoms with Crippen molar-refractivity contribution < 1.29 is 0 Å². The lowest BCUT2D eigenvalue weighted by atomic mass is 9.81. The second kappa shape index (κ2) is 16.5. The number of anilines is 6. The fourth-order valence-electron chi connectivity index (χ4n) is 10.3. The average molecular weight is 857 g/mol.